The van der Waals surface area contributed by atoms with Crippen LogP contribution in [0.15, 0.2) is 24.3 Å². The smallest absolute Gasteiger partial charge is 0.250 e. The van der Waals surface area contributed by atoms with Crippen molar-refractivity contribution in [1.82, 2.24) is 5.32 Å². The second kappa shape index (κ2) is 7.19. The molecule has 0 aliphatic heterocycles. The Hall–Kier alpha value is -1.49. The normalized spacial score (nSPS) is 11.8. The van der Waals surface area contributed by atoms with Crippen molar-refractivity contribution in [2.45, 2.75) is 26.8 Å². The molecule has 0 heterocycles. The maximum atomic E-state index is 12.5. The second-order valence-electron chi connectivity index (χ2n) is 4.30. The zero-order valence-corrected chi connectivity index (χ0v) is 12.4. The molecule has 4 nitrogen and oxygen atoms in total. The number of hydrogen-bond acceptors (Lipinski definition) is 3. The monoisotopic (exact) mass is 280 g/mol. The van der Waals surface area contributed by atoms with E-state index in [-0.39, 0.29) is 17.6 Å². The molecule has 0 saturated carbocycles. The number of likely N-dealkylation sites (N-methyl/N-ethyl adjacent to an activating group) is 1. The van der Waals surface area contributed by atoms with Crippen molar-refractivity contribution < 1.29 is 9.59 Å². The van der Waals surface area contributed by atoms with Gasteiger partial charge in [0.05, 0.1) is 0 Å². The Balaban J connectivity index is 2.99. The Kier molecular flexibility index (Phi) is 5.89. The average Bonchev–Trinajstić information content (AvgIpc) is 2.38. The third kappa shape index (κ3) is 3.99. The highest BCUT2D eigenvalue weighted by Crippen LogP contribution is 2.20. The fourth-order valence-electron chi connectivity index (χ4n) is 1.93. The first-order valence-corrected chi connectivity index (χ1v) is 6.89. The van der Waals surface area contributed by atoms with Crippen molar-refractivity contribution >= 4 is 30.1 Å². The molecule has 1 unspecified atom stereocenters. The number of aryl methyl sites for hydroxylation is 1. The zero-order valence-electron chi connectivity index (χ0n) is 11.5. The molecule has 2 amide bonds. The van der Waals surface area contributed by atoms with Crippen LogP contribution >= 0.6 is 12.6 Å². The van der Waals surface area contributed by atoms with Crippen LogP contribution < -0.4 is 10.2 Å². The van der Waals surface area contributed by atoms with E-state index in [2.05, 4.69) is 17.9 Å². The topological polar surface area (TPSA) is 49.4 Å². The summed E-state index contributed by atoms with van der Waals surface area (Å²) in [4.78, 5) is 25.2. The van der Waals surface area contributed by atoms with Crippen LogP contribution in [-0.2, 0) is 9.59 Å². The molecule has 5 heteroatoms. The van der Waals surface area contributed by atoms with Crippen LogP contribution in [0.2, 0.25) is 0 Å². The second-order valence-corrected chi connectivity index (χ2v) is 4.67. The van der Waals surface area contributed by atoms with E-state index >= 15 is 0 Å². The SMILES string of the molecule is CCN(C(=O)C(CS)NC(C)=O)c1ccccc1C. The van der Waals surface area contributed by atoms with Gasteiger partial charge in [-0.05, 0) is 25.5 Å². The highest BCUT2D eigenvalue weighted by molar-refractivity contribution is 7.80. The molecule has 104 valence electrons. The Labute approximate surface area is 119 Å². The molecule has 19 heavy (non-hydrogen) atoms. The predicted molar refractivity (Wildman–Crippen MR) is 80.7 cm³/mol. The van der Waals surface area contributed by atoms with Crippen LogP contribution in [0, 0.1) is 6.92 Å². The summed E-state index contributed by atoms with van der Waals surface area (Å²) >= 11 is 4.14. The number of rotatable bonds is 5. The van der Waals surface area contributed by atoms with Gasteiger partial charge in [0.2, 0.25) is 11.8 Å². The van der Waals surface area contributed by atoms with E-state index in [1.54, 1.807) is 4.90 Å². The maximum Gasteiger partial charge on any atom is 0.250 e. The van der Waals surface area contributed by atoms with Crippen molar-refractivity contribution in [2.24, 2.45) is 0 Å². The Morgan fingerprint density at radius 3 is 2.47 bits per heavy atom. The van der Waals surface area contributed by atoms with Crippen LogP contribution in [0.25, 0.3) is 0 Å². The van der Waals surface area contributed by atoms with Gasteiger partial charge in [-0.1, -0.05) is 18.2 Å². The summed E-state index contributed by atoms with van der Waals surface area (Å²) in [5.41, 5.74) is 1.89. The number of nitrogens with one attached hydrogen (secondary N) is 1. The number of para-hydroxylation sites is 1. The molecular formula is C14H20N2O2S. The summed E-state index contributed by atoms with van der Waals surface area (Å²) in [6, 6.07) is 7.09. The number of benzene rings is 1. The predicted octanol–water partition coefficient (Wildman–Crippen LogP) is 1.78. The fraction of sp³-hybridized carbons (Fsp3) is 0.429. The van der Waals surface area contributed by atoms with Crippen molar-refractivity contribution in [1.29, 1.82) is 0 Å². The molecule has 0 aliphatic carbocycles. The molecule has 0 bridgehead atoms. The lowest BCUT2D eigenvalue weighted by molar-refractivity contribution is -0.125. The van der Waals surface area contributed by atoms with E-state index in [0.29, 0.717) is 6.54 Å². The molecule has 0 spiro atoms. The Bertz CT molecular complexity index is 463. The number of thiol groups is 1. The van der Waals surface area contributed by atoms with Gasteiger partial charge in [-0.2, -0.15) is 12.6 Å². The molecule has 0 fully saturated rings. The average molecular weight is 280 g/mol. The van der Waals surface area contributed by atoms with Crippen LogP contribution in [-0.4, -0.2) is 30.2 Å². The van der Waals surface area contributed by atoms with Crippen molar-refractivity contribution in [3.8, 4) is 0 Å². The molecule has 1 N–H and O–H groups in total. The maximum absolute atomic E-state index is 12.5. The number of hydrogen-bond donors (Lipinski definition) is 2. The lowest BCUT2D eigenvalue weighted by Crippen LogP contribution is -2.49. The largest absolute Gasteiger partial charge is 0.344 e. The molecule has 1 aromatic carbocycles. The van der Waals surface area contributed by atoms with E-state index in [4.69, 9.17) is 0 Å². The van der Waals surface area contributed by atoms with Gasteiger partial charge in [-0.15, -0.1) is 0 Å². The van der Waals surface area contributed by atoms with Gasteiger partial charge in [-0.3, -0.25) is 9.59 Å². The van der Waals surface area contributed by atoms with Gasteiger partial charge in [0, 0.05) is 24.9 Å². The summed E-state index contributed by atoms with van der Waals surface area (Å²) in [5, 5.41) is 2.63. The number of nitrogens with zero attached hydrogens (tertiary/aromatic N) is 1. The number of amides is 2. The fourth-order valence-corrected chi connectivity index (χ4v) is 2.18. The zero-order chi connectivity index (χ0) is 14.4. The Morgan fingerprint density at radius 2 is 2.00 bits per heavy atom. The van der Waals surface area contributed by atoms with Gasteiger partial charge in [-0.25, -0.2) is 0 Å². The van der Waals surface area contributed by atoms with Crippen molar-refractivity contribution in [3.05, 3.63) is 29.8 Å². The summed E-state index contributed by atoms with van der Waals surface area (Å²) in [7, 11) is 0. The van der Waals surface area contributed by atoms with E-state index in [1.807, 2.05) is 38.1 Å². The molecule has 0 saturated heterocycles. The molecular weight excluding hydrogens is 260 g/mol. The molecule has 0 aromatic heterocycles. The third-order valence-electron chi connectivity index (χ3n) is 2.85. The molecule has 1 aromatic rings. The lowest BCUT2D eigenvalue weighted by atomic mass is 10.1. The minimum absolute atomic E-state index is 0.137. The summed E-state index contributed by atoms with van der Waals surface area (Å²) in [6.45, 7) is 5.81. The lowest BCUT2D eigenvalue weighted by Gasteiger charge is -2.27. The van der Waals surface area contributed by atoms with Crippen molar-refractivity contribution in [2.75, 3.05) is 17.2 Å². The van der Waals surface area contributed by atoms with Crippen molar-refractivity contribution in [3.63, 3.8) is 0 Å². The van der Waals surface area contributed by atoms with Crippen LogP contribution in [0.4, 0.5) is 5.69 Å². The minimum atomic E-state index is -0.597. The third-order valence-corrected chi connectivity index (χ3v) is 3.21. The minimum Gasteiger partial charge on any atom is -0.344 e. The molecule has 1 rings (SSSR count). The van der Waals surface area contributed by atoms with E-state index in [9.17, 15) is 9.59 Å². The number of carbonyl (C=O) groups excluding carboxylic acids is 2. The Morgan fingerprint density at radius 1 is 1.37 bits per heavy atom. The first-order valence-electron chi connectivity index (χ1n) is 6.26. The molecule has 0 radical (unpaired) electrons. The summed E-state index contributed by atoms with van der Waals surface area (Å²) in [5.74, 6) is -0.0870. The van der Waals surface area contributed by atoms with E-state index in [0.717, 1.165) is 11.3 Å². The van der Waals surface area contributed by atoms with Gasteiger partial charge in [0.15, 0.2) is 0 Å². The highest BCUT2D eigenvalue weighted by Gasteiger charge is 2.24. The van der Waals surface area contributed by atoms with E-state index in [1.165, 1.54) is 6.92 Å². The van der Waals surface area contributed by atoms with Crippen LogP contribution in [0.5, 0.6) is 0 Å². The first-order chi connectivity index (χ1) is 9.01. The molecule has 0 aliphatic rings. The van der Waals surface area contributed by atoms with Gasteiger partial charge in [0.25, 0.3) is 0 Å². The summed E-state index contributed by atoms with van der Waals surface area (Å²) in [6.07, 6.45) is 0. The number of carbonyl (C=O) groups is 2. The molecule has 1 atom stereocenters. The highest BCUT2D eigenvalue weighted by atomic mass is 32.1. The van der Waals surface area contributed by atoms with E-state index < -0.39 is 6.04 Å². The standard InChI is InChI=1S/C14H20N2O2S/c1-4-16(13-8-6-5-7-10(13)2)14(18)12(9-19)15-11(3)17/h5-8,12,19H,4,9H2,1-3H3,(H,15,17). The summed E-state index contributed by atoms with van der Waals surface area (Å²) < 4.78 is 0. The quantitative estimate of drug-likeness (QED) is 0.808. The van der Waals surface area contributed by atoms with Gasteiger partial charge >= 0.3 is 0 Å². The van der Waals surface area contributed by atoms with Crippen LogP contribution in [0.1, 0.15) is 19.4 Å². The number of anilines is 1. The first kappa shape index (κ1) is 15.6. The van der Waals surface area contributed by atoms with Crippen LogP contribution in [0.3, 0.4) is 0 Å². The van der Waals surface area contributed by atoms with Gasteiger partial charge < -0.3 is 10.2 Å². The van der Waals surface area contributed by atoms with Gasteiger partial charge in [0.1, 0.15) is 6.04 Å².